The van der Waals surface area contributed by atoms with Crippen LogP contribution in [0.3, 0.4) is 0 Å². The molecule has 7 heteroatoms. The van der Waals surface area contributed by atoms with Crippen molar-refractivity contribution in [2.45, 2.75) is 26.2 Å². The van der Waals surface area contributed by atoms with Crippen LogP contribution in [0.5, 0.6) is 0 Å². The van der Waals surface area contributed by atoms with Crippen LogP contribution < -0.4 is 5.32 Å². The summed E-state index contributed by atoms with van der Waals surface area (Å²) >= 11 is 1.33. The Morgan fingerprint density at radius 3 is 2.50 bits per heavy atom. The zero-order chi connectivity index (χ0) is 18.3. The highest BCUT2D eigenvalue weighted by molar-refractivity contribution is 7.22. The Labute approximate surface area is 153 Å². The fourth-order valence-electron chi connectivity index (χ4n) is 2.56. The van der Waals surface area contributed by atoms with Gasteiger partial charge in [0.25, 0.3) is 0 Å². The Balaban J connectivity index is 1.56. The second kappa shape index (κ2) is 6.17. The molecule has 2 aromatic heterocycles. The number of nitrogens with zero attached hydrogens (tertiary/aromatic N) is 3. The second-order valence-electron chi connectivity index (χ2n) is 6.97. The highest BCUT2D eigenvalue weighted by atomic mass is 32.1. The van der Waals surface area contributed by atoms with Gasteiger partial charge in [-0.25, -0.2) is 9.37 Å². The highest BCUT2D eigenvalue weighted by Gasteiger charge is 2.15. The average Bonchev–Trinajstić information content (AvgIpc) is 3.22. The quantitative estimate of drug-likeness (QED) is 0.515. The van der Waals surface area contributed by atoms with E-state index in [1.165, 1.54) is 23.0 Å². The van der Waals surface area contributed by atoms with Crippen LogP contribution in [0.15, 0.2) is 46.9 Å². The molecule has 1 N–H and O–H groups in total. The number of para-hydroxylation sites is 1. The number of fused-ring (bicyclic) bond motifs is 1. The molecule has 2 aromatic carbocycles. The van der Waals surface area contributed by atoms with Gasteiger partial charge in [-0.05, 0) is 35.2 Å². The third kappa shape index (κ3) is 3.17. The first-order chi connectivity index (χ1) is 12.4. The molecule has 0 saturated carbocycles. The molecule has 4 aromatic rings. The summed E-state index contributed by atoms with van der Waals surface area (Å²) in [5, 5.41) is 11.5. The topological polar surface area (TPSA) is 63.8 Å². The molecular formula is C19H17FN4OS. The van der Waals surface area contributed by atoms with E-state index in [1.54, 1.807) is 6.07 Å². The van der Waals surface area contributed by atoms with Crippen molar-refractivity contribution in [3.63, 3.8) is 0 Å². The first-order valence-electron chi connectivity index (χ1n) is 8.17. The van der Waals surface area contributed by atoms with E-state index in [4.69, 9.17) is 4.42 Å². The van der Waals surface area contributed by atoms with E-state index in [-0.39, 0.29) is 17.2 Å². The van der Waals surface area contributed by atoms with Crippen molar-refractivity contribution >= 4 is 32.7 Å². The number of benzene rings is 2. The number of rotatable bonds is 3. The molecular weight excluding hydrogens is 351 g/mol. The molecule has 5 nitrogen and oxygen atoms in total. The molecule has 0 fully saturated rings. The summed E-state index contributed by atoms with van der Waals surface area (Å²) in [5.41, 5.74) is 2.49. The molecule has 0 saturated heterocycles. The minimum absolute atomic E-state index is 0.0855. The molecule has 2 heterocycles. The normalized spacial score (nSPS) is 11.8. The third-order valence-corrected chi connectivity index (χ3v) is 4.94. The van der Waals surface area contributed by atoms with Gasteiger partial charge < -0.3 is 4.42 Å². The van der Waals surface area contributed by atoms with Crippen LogP contribution in [-0.4, -0.2) is 15.2 Å². The maximum atomic E-state index is 13.7. The van der Waals surface area contributed by atoms with Gasteiger partial charge in [-0.1, -0.05) is 55.4 Å². The third-order valence-electron chi connectivity index (χ3n) is 4.01. The molecule has 0 aliphatic heterocycles. The van der Waals surface area contributed by atoms with E-state index in [1.807, 2.05) is 18.2 Å². The summed E-state index contributed by atoms with van der Waals surface area (Å²) in [7, 11) is 0. The van der Waals surface area contributed by atoms with E-state index >= 15 is 0 Å². The van der Waals surface area contributed by atoms with Crippen LogP contribution in [0.25, 0.3) is 21.7 Å². The van der Waals surface area contributed by atoms with Gasteiger partial charge in [-0.15, -0.1) is 5.10 Å². The molecule has 0 unspecified atom stereocenters. The summed E-state index contributed by atoms with van der Waals surface area (Å²) in [6.07, 6.45) is 0. The largest absolute Gasteiger partial charge is 0.403 e. The Bertz CT molecular complexity index is 1060. The lowest BCUT2D eigenvalue weighted by atomic mass is 9.87. The van der Waals surface area contributed by atoms with Crippen molar-refractivity contribution in [3.05, 3.63) is 53.8 Å². The number of nitrogens with one attached hydrogen (secondary N) is 1. The highest BCUT2D eigenvalue weighted by Crippen LogP contribution is 2.30. The molecule has 0 spiro atoms. The Hall–Kier alpha value is -2.80. The predicted octanol–water partition coefficient (Wildman–Crippen LogP) is 5.53. The van der Waals surface area contributed by atoms with E-state index in [0.717, 1.165) is 10.3 Å². The fraction of sp³-hybridized carbons (Fsp3) is 0.211. The van der Waals surface area contributed by atoms with Crippen LogP contribution in [0.1, 0.15) is 26.3 Å². The molecule has 0 aliphatic rings. The van der Waals surface area contributed by atoms with Crippen LogP contribution in [-0.2, 0) is 5.41 Å². The number of halogens is 1. The zero-order valence-electron chi connectivity index (χ0n) is 14.6. The molecule has 132 valence electrons. The molecule has 26 heavy (non-hydrogen) atoms. The lowest BCUT2D eigenvalue weighted by Gasteiger charge is -2.18. The summed E-state index contributed by atoms with van der Waals surface area (Å²) in [4.78, 5) is 4.23. The minimum Gasteiger partial charge on any atom is -0.403 e. The summed E-state index contributed by atoms with van der Waals surface area (Å²) < 4.78 is 20.2. The standard InChI is InChI=1S/C19H17FN4OS/c1-19(2,3)12-9-7-11(8-10-12)16-23-24-17(25-16)22-18-21-15-13(20)5-4-6-14(15)26-18/h4-10H,1-3H3,(H,21,22,24). The van der Waals surface area contributed by atoms with Gasteiger partial charge in [0.15, 0.2) is 5.13 Å². The molecule has 0 amide bonds. The number of aromatic nitrogens is 3. The van der Waals surface area contributed by atoms with Crippen molar-refractivity contribution in [1.82, 2.24) is 15.2 Å². The first kappa shape index (κ1) is 16.7. The van der Waals surface area contributed by atoms with E-state index in [9.17, 15) is 4.39 Å². The number of anilines is 2. The molecule has 4 rings (SSSR count). The Kier molecular flexibility index (Phi) is 3.96. The van der Waals surface area contributed by atoms with Gasteiger partial charge in [-0.2, -0.15) is 0 Å². The summed E-state index contributed by atoms with van der Waals surface area (Å²) in [6, 6.07) is 13.1. The lowest BCUT2D eigenvalue weighted by Crippen LogP contribution is -2.10. The number of hydrogen-bond acceptors (Lipinski definition) is 6. The maximum absolute atomic E-state index is 13.7. The van der Waals surface area contributed by atoms with Crippen molar-refractivity contribution < 1.29 is 8.81 Å². The fourth-order valence-corrected chi connectivity index (χ4v) is 3.43. The molecule has 0 bridgehead atoms. The van der Waals surface area contributed by atoms with Crippen molar-refractivity contribution in [1.29, 1.82) is 0 Å². The predicted molar refractivity (Wildman–Crippen MR) is 101 cm³/mol. The average molecular weight is 368 g/mol. The second-order valence-corrected chi connectivity index (χ2v) is 8.00. The van der Waals surface area contributed by atoms with Crippen LogP contribution in [0.2, 0.25) is 0 Å². The van der Waals surface area contributed by atoms with Crippen LogP contribution in [0, 0.1) is 5.82 Å². The van der Waals surface area contributed by atoms with Crippen molar-refractivity contribution in [3.8, 4) is 11.5 Å². The van der Waals surface area contributed by atoms with E-state index in [0.29, 0.717) is 16.5 Å². The monoisotopic (exact) mass is 368 g/mol. The SMILES string of the molecule is CC(C)(C)c1ccc(-c2nnc(Nc3nc4c(F)cccc4s3)o2)cc1. The Morgan fingerprint density at radius 2 is 1.81 bits per heavy atom. The zero-order valence-corrected chi connectivity index (χ0v) is 15.4. The van der Waals surface area contributed by atoms with Crippen molar-refractivity contribution in [2.75, 3.05) is 5.32 Å². The smallest absolute Gasteiger partial charge is 0.322 e. The summed E-state index contributed by atoms with van der Waals surface area (Å²) in [5.74, 6) is 0.0669. The minimum atomic E-state index is -0.350. The van der Waals surface area contributed by atoms with Crippen LogP contribution >= 0.6 is 11.3 Å². The van der Waals surface area contributed by atoms with Gasteiger partial charge in [0.1, 0.15) is 11.3 Å². The van der Waals surface area contributed by atoms with E-state index < -0.39 is 0 Å². The van der Waals surface area contributed by atoms with Gasteiger partial charge in [-0.3, -0.25) is 5.32 Å². The van der Waals surface area contributed by atoms with Gasteiger partial charge >= 0.3 is 6.01 Å². The van der Waals surface area contributed by atoms with Gasteiger partial charge in [0.2, 0.25) is 5.89 Å². The maximum Gasteiger partial charge on any atom is 0.322 e. The number of hydrogen-bond donors (Lipinski definition) is 1. The van der Waals surface area contributed by atoms with E-state index in [2.05, 4.69) is 53.4 Å². The van der Waals surface area contributed by atoms with Crippen LogP contribution in [0.4, 0.5) is 15.5 Å². The van der Waals surface area contributed by atoms with Gasteiger partial charge in [0, 0.05) is 5.56 Å². The molecule has 0 atom stereocenters. The molecule has 0 aliphatic carbocycles. The Morgan fingerprint density at radius 1 is 1.04 bits per heavy atom. The number of thiazole rings is 1. The molecule has 0 radical (unpaired) electrons. The lowest BCUT2D eigenvalue weighted by molar-refractivity contribution is 0.584. The first-order valence-corrected chi connectivity index (χ1v) is 8.98. The van der Waals surface area contributed by atoms with Crippen molar-refractivity contribution in [2.24, 2.45) is 0 Å². The summed E-state index contributed by atoms with van der Waals surface area (Å²) in [6.45, 7) is 6.49. The van der Waals surface area contributed by atoms with Gasteiger partial charge in [0.05, 0.1) is 4.70 Å².